The zero-order valence-corrected chi connectivity index (χ0v) is 16.7. The predicted octanol–water partition coefficient (Wildman–Crippen LogP) is 3.76. The lowest BCUT2D eigenvalue weighted by molar-refractivity contribution is -0.127. The van der Waals surface area contributed by atoms with Crippen LogP contribution in [0, 0.1) is 0 Å². The molecule has 0 radical (unpaired) electrons. The number of hydrogen-bond acceptors (Lipinski definition) is 3. The lowest BCUT2D eigenvalue weighted by Crippen LogP contribution is -2.60. The summed E-state index contributed by atoms with van der Waals surface area (Å²) >= 11 is 0. The van der Waals surface area contributed by atoms with Crippen molar-refractivity contribution in [3.63, 3.8) is 0 Å². The van der Waals surface area contributed by atoms with Crippen molar-refractivity contribution in [1.82, 2.24) is 4.90 Å². The quantitative estimate of drug-likeness (QED) is 0.886. The molecule has 0 saturated heterocycles. The zero-order valence-electron chi connectivity index (χ0n) is 16.7. The zero-order chi connectivity index (χ0) is 19.9. The Labute approximate surface area is 166 Å². The second kappa shape index (κ2) is 7.06. The number of para-hydroxylation sites is 2. The van der Waals surface area contributed by atoms with Crippen molar-refractivity contribution in [2.24, 2.45) is 0 Å². The number of benzene rings is 2. The minimum atomic E-state index is -0.934. The maximum atomic E-state index is 13.4. The number of anilines is 2. The summed E-state index contributed by atoms with van der Waals surface area (Å²) in [5.74, 6) is -0.219. The van der Waals surface area contributed by atoms with Gasteiger partial charge in [-0.2, -0.15) is 0 Å². The van der Waals surface area contributed by atoms with Crippen LogP contribution in [0.4, 0.5) is 11.4 Å². The van der Waals surface area contributed by atoms with Gasteiger partial charge in [0.1, 0.15) is 5.54 Å². The Morgan fingerprint density at radius 1 is 1.18 bits per heavy atom. The van der Waals surface area contributed by atoms with Gasteiger partial charge in [-0.1, -0.05) is 36.4 Å². The average Bonchev–Trinajstić information content (AvgIpc) is 2.68. The summed E-state index contributed by atoms with van der Waals surface area (Å²) in [6.45, 7) is 3.86. The van der Waals surface area contributed by atoms with Crippen LogP contribution >= 0.6 is 0 Å². The molecule has 2 aromatic carbocycles. The maximum Gasteiger partial charge on any atom is 0.250 e. The fraction of sp³-hybridized carbons (Fsp3) is 0.391. The molecular weight excluding hydrogens is 350 g/mol. The monoisotopic (exact) mass is 377 g/mol. The number of hydrogen-bond donors (Lipinski definition) is 1. The number of likely N-dealkylation sites (N-methyl/N-ethyl adjacent to an activating group) is 1. The van der Waals surface area contributed by atoms with Crippen LogP contribution in [-0.2, 0) is 16.0 Å². The molecule has 2 amide bonds. The van der Waals surface area contributed by atoms with Crippen LogP contribution < -0.4 is 10.2 Å². The summed E-state index contributed by atoms with van der Waals surface area (Å²) < 4.78 is 0. The first-order valence-electron chi connectivity index (χ1n) is 9.91. The fourth-order valence-electron chi connectivity index (χ4n) is 4.48. The molecule has 5 heteroatoms. The predicted molar refractivity (Wildman–Crippen MR) is 111 cm³/mol. The van der Waals surface area contributed by atoms with E-state index in [2.05, 4.69) is 34.5 Å². The Kier molecular flexibility index (Phi) is 4.71. The standard InChI is InChI=1S/C23H27N3O2/c1-23(2)22(28)24-18-12-6-7-13-20(18)26(23)21(27)15-25(3)19-14-8-10-16-9-4-5-11-17(16)19/h4-7,9,11-13,19H,8,10,14-15H2,1-3H3,(H,24,28). The SMILES string of the molecule is CN(CC(=O)N1c2ccccc2NC(=O)C1(C)C)C1CCCc2ccccc21. The normalized spacial score (nSPS) is 20.4. The Hall–Kier alpha value is -2.66. The summed E-state index contributed by atoms with van der Waals surface area (Å²) in [4.78, 5) is 29.8. The van der Waals surface area contributed by atoms with E-state index < -0.39 is 5.54 Å². The minimum absolute atomic E-state index is 0.0575. The van der Waals surface area contributed by atoms with Crippen LogP contribution in [0.2, 0.25) is 0 Å². The van der Waals surface area contributed by atoms with Gasteiger partial charge in [-0.05, 0) is 63.4 Å². The van der Waals surface area contributed by atoms with Gasteiger partial charge in [0, 0.05) is 6.04 Å². The van der Waals surface area contributed by atoms with Gasteiger partial charge in [0.15, 0.2) is 0 Å². The lowest BCUT2D eigenvalue weighted by atomic mass is 9.87. The summed E-state index contributed by atoms with van der Waals surface area (Å²) in [5.41, 5.74) is 3.21. The molecule has 28 heavy (non-hydrogen) atoms. The molecule has 1 atom stereocenters. The van der Waals surface area contributed by atoms with Crippen molar-refractivity contribution in [2.75, 3.05) is 23.8 Å². The Morgan fingerprint density at radius 2 is 1.89 bits per heavy atom. The van der Waals surface area contributed by atoms with Gasteiger partial charge in [-0.25, -0.2) is 0 Å². The van der Waals surface area contributed by atoms with Crippen molar-refractivity contribution in [3.05, 3.63) is 59.7 Å². The molecule has 2 aliphatic rings. The molecule has 0 fully saturated rings. The van der Waals surface area contributed by atoms with E-state index in [1.165, 1.54) is 11.1 Å². The summed E-state index contributed by atoms with van der Waals surface area (Å²) in [6.07, 6.45) is 3.27. The highest BCUT2D eigenvalue weighted by Crippen LogP contribution is 2.38. The topological polar surface area (TPSA) is 52.7 Å². The van der Waals surface area contributed by atoms with Gasteiger partial charge in [0.2, 0.25) is 11.8 Å². The van der Waals surface area contributed by atoms with Gasteiger partial charge < -0.3 is 5.32 Å². The first-order valence-corrected chi connectivity index (χ1v) is 9.91. The van der Waals surface area contributed by atoms with E-state index >= 15 is 0 Å². The fourth-order valence-corrected chi connectivity index (χ4v) is 4.48. The number of aryl methyl sites for hydroxylation is 1. The molecule has 0 saturated carbocycles. The van der Waals surface area contributed by atoms with Crippen LogP contribution in [0.15, 0.2) is 48.5 Å². The third-order valence-corrected chi connectivity index (χ3v) is 6.01. The maximum absolute atomic E-state index is 13.4. The molecule has 0 spiro atoms. The minimum Gasteiger partial charge on any atom is -0.322 e. The van der Waals surface area contributed by atoms with Crippen LogP contribution in [-0.4, -0.2) is 35.8 Å². The van der Waals surface area contributed by atoms with Crippen LogP contribution in [0.1, 0.15) is 43.9 Å². The van der Waals surface area contributed by atoms with E-state index in [-0.39, 0.29) is 24.4 Å². The van der Waals surface area contributed by atoms with Crippen molar-refractivity contribution in [3.8, 4) is 0 Å². The molecule has 0 aromatic heterocycles. The van der Waals surface area contributed by atoms with Gasteiger partial charge >= 0.3 is 0 Å². The summed E-state index contributed by atoms with van der Waals surface area (Å²) in [5, 5.41) is 2.92. The first kappa shape index (κ1) is 18.7. The molecule has 5 nitrogen and oxygen atoms in total. The number of fused-ring (bicyclic) bond motifs is 2. The van der Waals surface area contributed by atoms with Gasteiger partial charge in [-0.15, -0.1) is 0 Å². The van der Waals surface area contributed by atoms with Crippen molar-refractivity contribution < 1.29 is 9.59 Å². The Balaban J connectivity index is 1.61. The number of carbonyl (C=O) groups excluding carboxylic acids is 2. The van der Waals surface area contributed by atoms with Gasteiger partial charge in [0.05, 0.1) is 17.9 Å². The highest BCUT2D eigenvalue weighted by atomic mass is 16.2. The van der Waals surface area contributed by atoms with E-state index in [1.54, 1.807) is 18.7 Å². The Bertz CT molecular complexity index is 922. The molecule has 1 N–H and O–H groups in total. The van der Waals surface area contributed by atoms with E-state index in [0.717, 1.165) is 24.9 Å². The van der Waals surface area contributed by atoms with E-state index in [4.69, 9.17) is 0 Å². The Morgan fingerprint density at radius 3 is 2.71 bits per heavy atom. The summed E-state index contributed by atoms with van der Waals surface area (Å²) in [6, 6.07) is 16.2. The first-order chi connectivity index (χ1) is 13.4. The molecule has 0 bridgehead atoms. The molecule has 1 aliphatic carbocycles. The van der Waals surface area contributed by atoms with Crippen LogP contribution in [0.5, 0.6) is 0 Å². The van der Waals surface area contributed by atoms with Crippen molar-refractivity contribution in [1.29, 1.82) is 0 Å². The number of carbonyl (C=O) groups is 2. The van der Waals surface area contributed by atoms with Crippen LogP contribution in [0.3, 0.4) is 0 Å². The van der Waals surface area contributed by atoms with Crippen LogP contribution in [0.25, 0.3) is 0 Å². The molecule has 1 unspecified atom stereocenters. The van der Waals surface area contributed by atoms with Gasteiger partial charge in [-0.3, -0.25) is 19.4 Å². The number of amides is 2. The lowest BCUT2D eigenvalue weighted by Gasteiger charge is -2.43. The van der Waals surface area contributed by atoms with Gasteiger partial charge in [0.25, 0.3) is 0 Å². The molecule has 1 heterocycles. The van der Waals surface area contributed by atoms with Crippen molar-refractivity contribution >= 4 is 23.2 Å². The molecular formula is C23H27N3O2. The van der Waals surface area contributed by atoms with Crippen molar-refractivity contribution in [2.45, 2.75) is 44.7 Å². The summed E-state index contributed by atoms with van der Waals surface area (Å²) in [7, 11) is 2.01. The second-order valence-electron chi connectivity index (χ2n) is 8.28. The molecule has 2 aromatic rings. The second-order valence-corrected chi connectivity index (χ2v) is 8.28. The largest absolute Gasteiger partial charge is 0.322 e. The number of rotatable bonds is 3. The van der Waals surface area contributed by atoms with E-state index in [1.807, 2.05) is 31.3 Å². The molecule has 146 valence electrons. The number of nitrogens with zero attached hydrogens (tertiary/aromatic N) is 2. The molecule has 4 rings (SSSR count). The van der Waals surface area contributed by atoms with E-state index in [9.17, 15) is 9.59 Å². The smallest absolute Gasteiger partial charge is 0.250 e. The highest BCUT2D eigenvalue weighted by Gasteiger charge is 2.43. The third-order valence-electron chi connectivity index (χ3n) is 6.01. The highest BCUT2D eigenvalue weighted by molar-refractivity contribution is 6.14. The van der Waals surface area contributed by atoms with E-state index in [0.29, 0.717) is 5.69 Å². The average molecular weight is 377 g/mol. The number of nitrogens with one attached hydrogen (secondary N) is 1. The molecule has 1 aliphatic heterocycles. The third kappa shape index (κ3) is 3.10.